The maximum Gasteiger partial charge on any atom is 0.134 e. The number of fused-ring (bicyclic) bond motifs is 1. The van der Waals surface area contributed by atoms with Crippen LogP contribution in [0.3, 0.4) is 0 Å². The van der Waals surface area contributed by atoms with Gasteiger partial charge in [0, 0.05) is 21.9 Å². The molecule has 2 heterocycles. The predicted molar refractivity (Wildman–Crippen MR) is 75.2 cm³/mol. The summed E-state index contributed by atoms with van der Waals surface area (Å²) in [6.45, 7) is 0.759. The first-order chi connectivity index (χ1) is 8.74. The van der Waals surface area contributed by atoms with E-state index in [4.69, 9.17) is 26.5 Å². The molecular weight excluding hydrogens is 270 g/mol. The molecule has 1 fully saturated rings. The number of nitrogens with two attached hydrogens (primary N) is 1. The molecule has 1 aliphatic rings. The molecule has 2 atom stereocenters. The smallest absolute Gasteiger partial charge is 0.134 e. The third-order valence-corrected chi connectivity index (χ3v) is 4.32. The van der Waals surface area contributed by atoms with Crippen molar-refractivity contribution in [3.8, 4) is 0 Å². The Morgan fingerprint density at radius 1 is 1.39 bits per heavy atom. The van der Waals surface area contributed by atoms with Crippen LogP contribution in [-0.4, -0.2) is 24.2 Å². The lowest BCUT2D eigenvalue weighted by Gasteiger charge is -2.26. The van der Waals surface area contributed by atoms with Crippen LogP contribution in [0.1, 0.15) is 11.8 Å². The van der Waals surface area contributed by atoms with Crippen LogP contribution >= 0.6 is 23.4 Å². The number of hydrogen-bond acceptors (Lipinski definition) is 4. The second kappa shape index (κ2) is 5.13. The summed E-state index contributed by atoms with van der Waals surface area (Å²) in [5.41, 5.74) is 7.02. The molecule has 0 spiro atoms. The van der Waals surface area contributed by atoms with E-state index in [1.807, 2.05) is 36.0 Å². The zero-order valence-corrected chi connectivity index (χ0v) is 11.3. The lowest BCUT2D eigenvalue weighted by atomic mass is 10.1. The summed E-state index contributed by atoms with van der Waals surface area (Å²) in [6.07, 6.45) is 0.0276. The van der Waals surface area contributed by atoms with Crippen molar-refractivity contribution in [2.24, 2.45) is 5.73 Å². The summed E-state index contributed by atoms with van der Waals surface area (Å²) in [5.74, 6) is 2.72. The number of rotatable bonds is 2. The second-order valence-corrected chi connectivity index (χ2v) is 5.93. The van der Waals surface area contributed by atoms with Crippen LogP contribution in [0, 0.1) is 0 Å². The van der Waals surface area contributed by atoms with Gasteiger partial charge in [0.1, 0.15) is 11.3 Å². The van der Waals surface area contributed by atoms with E-state index in [0.717, 1.165) is 34.8 Å². The van der Waals surface area contributed by atoms with Gasteiger partial charge in [0.15, 0.2) is 0 Å². The Morgan fingerprint density at radius 3 is 3.06 bits per heavy atom. The van der Waals surface area contributed by atoms with Crippen molar-refractivity contribution in [3.05, 3.63) is 35.0 Å². The standard InChI is InChI=1S/C13H14ClNO2S/c14-9-1-2-10-8(5-9)6-11(17-10)13(15)12-7-18-4-3-16-12/h1-2,5-6,12-13H,3-4,7,15H2. The van der Waals surface area contributed by atoms with Crippen LogP contribution in [-0.2, 0) is 4.74 Å². The van der Waals surface area contributed by atoms with Crippen LogP contribution in [0.5, 0.6) is 0 Å². The molecule has 5 heteroatoms. The predicted octanol–water partition coefficient (Wildman–Crippen LogP) is 3.22. The summed E-state index contributed by atoms with van der Waals surface area (Å²) in [4.78, 5) is 0. The molecule has 2 unspecified atom stereocenters. The Bertz CT molecular complexity index is 551. The second-order valence-electron chi connectivity index (χ2n) is 4.34. The van der Waals surface area contributed by atoms with Gasteiger partial charge in [-0.3, -0.25) is 0 Å². The van der Waals surface area contributed by atoms with Gasteiger partial charge in [-0.2, -0.15) is 11.8 Å². The maximum absolute atomic E-state index is 6.21. The molecule has 0 aliphatic carbocycles. The molecule has 1 aromatic carbocycles. The Labute approximate surface area is 115 Å². The van der Waals surface area contributed by atoms with E-state index in [9.17, 15) is 0 Å². The minimum Gasteiger partial charge on any atom is -0.459 e. The number of hydrogen-bond donors (Lipinski definition) is 1. The minimum atomic E-state index is -0.219. The molecule has 2 aromatic rings. The number of ether oxygens (including phenoxy) is 1. The van der Waals surface area contributed by atoms with Crippen LogP contribution in [0.15, 0.2) is 28.7 Å². The Hall–Kier alpha value is -0.680. The Kier molecular flexibility index (Phi) is 3.52. The minimum absolute atomic E-state index is 0.0276. The fourth-order valence-electron chi connectivity index (χ4n) is 2.10. The van der Waals surface area contributed by atoms with Crippen LogP contribution in [0.2, 0.25) is 5.02 Å². The third kappa shape index (κ3) is 2.38. The number of halogens is 1. The van der Waals surface area contributed by atoms with Crippen molar-refractivity contribution in [3.63, 3.8) is 0 Å². The van der Waals surface area contributed by atoms with Gasteiger partial charge in [0.2, 0.25) is 0 Å². The highest BCUT2D eigenvalue weighted by molar-refractivity contribution is 7.99. The highest BCUT2D eigenvalue weighted by Crippen LogP contribution is 2.29. The summed E-state index contributed by atoms with van der Waals surface area (Å²) < 4.78 is 11.4. The van der Waals surface area contributed by atoms with E-state index in [0.29, 0.717) is 5.02 Å². The molecule has 0 saturated carbocycles. The first-order valence-corrected chi connectivity index (χ1v) is 7.41. The van der Waals surface area contributed by atoms with E-state index >= 15 is 0 Å². The lowest BCUT2D eigenvalue weighted by molar-refractivity contribution is 0.0522. The molecule has 1 saturated heterocycles. The van der Waals surface area contributed by atoms with Gasteiger partial charge >= 0.3 is 0 Å². The number of thioether (sulfide) groups is 1. The summed E-state index contributed by atoms with van der Waals surface area (Å²) in [6, 6.07) is 7.30. The highest BCUT2D eigenvalue weighted by Gasteiger charge is 2.25. The molecule has 3 nitrogen and oxygen atoms in total. The first-order valence-electron chi connectivity index (χ1n) is 5.88. The molecule has 0 radical (unpaired) electrons. The van der Waals surface area contributed by atoms with E-state index in [-0.39, 0.29) is 12.1 Å². The first kappa shape index (κ1) is 12.4. The monoisotopic (exact) mass is 283 g/mol. The normalized spacial score (nSPS) is 22.2. The van der Waals surface area contributed by atoms with Crippen molar-refractivity contribution in [2.45, 2.75) is 12.1 Å². The van der Waals surface area contributed by atoms with Crippen molar-refractivity contribution < 1.29 is 9.15 Å². The fraction of sp³-hybridized carbons (Fsp3) is 0.385. The average molecular weight is 284 g/mol. The number of furan rings is 1. The van der Waals surface area contributed by atoms with E-state index in [2.05, 4.69) is 0 Å². The van der Waals surface area contributed by atoms with Gasteiger partial charge in [0.05, 0.1) is 18.8 Å². The molecule has 3 rings (SSSR count). The zero-order valence-electron chi connectivity index (χ0n) is 9.77. The molecule has 0 bridgehead atoms. The van der Waals surface area contributed by atoms with Gasteiger partial charge in [-0.25, -0.2) is 0 Å². The van der Waals surface area contributed by atoms with E-state index in [1.54, 1.807) is 0 Å². The van der Waals surface area contributed by atoms with Crippen molar-refractivity contribution in [1.29, 1.82) is 0 Å². The third-order valence-electron chi connectivity index (χ3n) is 3.07. The molecule has 1 aromatic heterocycles. The molecular formula is C13H14ClNO2S. The topological polar surface area (TPSA) is 48.4 Å². The quantitative estimate of drug-likeness (QED) is 0.919. The summed E-state index contributed by atoms with van der Waals surface area (Å²) in [5, 5.41) is 1.68. The SMILES string of the molecule is NC(c1cc2cc(Cl)ccc2o1)C1CSCCO1. The van der Waals surface area contributed by atoms with Gasteiger partial charge in [-0.1, -0.05) is 11.6 Å². The maximum atomic E-state index is 6.21. The highest BCUT2D eigenvalue weighted by atomic mass is 35.5. The van der Waals surface area contributed by atoms with Crippen LogP contribution < -0.4 is 5.73 Å². The summed E-state index contributed by atoms with van der Waals surface area (Å²) >= 11 is 7.82. The molecule has 2 N–H and O–H groups in total. The lowest BCUT2D eigenvalue weighted by Crippen LogP contribution is -2.34. The average Bonchev–Trinajstić information content (AvgIpc) is 2.81. The van der Waals surface area contributed by atoms with Crippen LogP contribution in [0.4, 0.5) is 0 Å². The Balaban J connectivity index is 1.88. The van der Waals surface area contributed by atoms with Gasteiger partial charge in [-0.15, -0.1) is 0 Å². The van der Waals surface area contributed by atoms with Gasteiger partial charge in [-0.05, 0) is 24.3 Å². The van der Waals surface area contributed by atoms with Crippen LogP contribution in [0.25, 0.3) is 11.0 Å². The molecule has 1 aliphatic heterocycles. The zero-order chi connectivity index (χ0) is 12.5. The largest absolute Gasteiger partial charge is 0.459 e. The fourth-order valence-corrected chi connectivity index (χ4v) is 3.19. The van der Waals surface area contributed by atoms with E-state index < -0.39 is 0 Å². The summed E-state index contributed by atoms with van der Waals surface area (Å²) in [7, 11) is 0. The number of benzene rings is 1. The van der Waals surface area contributed by atoms with Crippen molar-refractivity contribution in [2.75, 3.05) is 18.1 Å². The molecule has 18 heavy (non-hydrogen) atoms. The van der Waals surface area contributed by atoms with E-state index in [1.165, 1.54) is 0 Å². The molecule has 0 amide bonds. The van der Waals surface area contributed by atoms with Gasteiger partial charge < -0.3 is 14.9 Å². The Morgan fingerprint density at radius 2 is 2.28 bits per heavy atom. The molecule has 96 valence electrons. The van der Waals surface area contributed by atoms with Crippen molar-refractivity contribution in [1.82, 2.24) is 0 Å². The van der Waals surface area contributed by atoms with Gasteiger partial charge in [0.25, 0.3) is 0 Å². The van der Waals surface area contributed by atoms with Crippen molar-refractivity contribution >= 4 is 34.3 Å².